The number of anilines is 1. The average molecular weight is 289 g/mol. The second-order valence-electron chi connectivity index (χ2n) is 6.11. The van der Waals surface area contributed by atoms with Crippen LogP contribution >= 0.6 is 0 Å². The topological polar surface area (TPSA) is 58.4 Å². The Bertz CT molecular complexity index is 455. The van der Waals surface area contributed by atoms with Crippen LogP contribution in [0.5, 0.6) is 0 Å². The van der Waals surface area contributed by atoms with Crippen LogP contribution in [0.2, 0.25) is 0 Å². The van der Waals surface area contributed by atoms with Gasteiger partial charge in [0.25, 0.3) is 0 Å². The molecule has 3 N–H and O–H groups in total. The molecule has 116 valence electrons. The van der Waals surface area contributed by atoms with Crippen LogP contribution < -0.4 is 11.1 Å². The first-order valence-corrected chi connectivity index (χ1v) is 7.98. The van der Waals surface area contributed by atoms with Gasteiger partial charge in [-0.1, -0.05) is 19.1 Å². The molecule has 0 bridgehead atoms. The number of nitrogens with one attached hydrogen (secondary N) is 1. The van der Waals surface area contributed by atoms with Crippen molar-refractivity contribution in [3.05, 3.63) is 29.8 Å². The van der Waals surface area contributed by atoms with Crippen LogP contribution in [0.1, 0.15) is 38.2 Å². The molecule has 1 aliphatic heterocycles. The highest BCUT2D eigenvalue weighted by Gasteiger charge is 2.12. The van der Waals surface area contributed by atoms with Gasteiger partial charge >= 0.3 is 0 Å². The Balaban J connectivity index is 1.83. The van der Waals surface area contributed by atoms with E-state index in [0.29, 0.717) is 18.9 Å². The maximum Gasteiger partial charge on any atom is 0.224 e. The third kappa shape index (κ3) is 5.48. The van der Waals surface area contributed by atoms with E-state index < -0.39 is 0 Å². The number of benzene rings is 1. The van der Waals surface area contributed by atoms with E-state index in [9.17, 15) is 4.79 Å². The van der Waals surface area contributed by atoms with Gasteiger partial charge in [-0.3, -0.25) is 9.69 Å². The summed E-state index contributed by atoms with van der Waals surface area (Å²) in [6.45, 7) is 6.07. The van der Waals surface area contributed by atoms with Gasteiger partial charge in [0.15, 0.2) is 0 Å². The molecule has 0 saturated carbocycles. The standard InChI is InChI=1S/C17H27N3O/c1-14(12-18)7-8-17(21)19-16-6-4-5-15(11-16)13-20-9-2-3-10-20/h4-6,11,14H,2-3,7-10,12-13,18H2,1H3,(H,19,21). The van der Waals surface area contributed by atoms with Crippen molar-refractivity contribution in [1.82, 2.24) is 4.90 Å². The zero-order chi connectivity index (χ0) is 15.1. The summed E-state index contributed by atoms with van der Waals surface area (Å²) in [6.07, 6.45) is 3.98. The largest absolute Gasteiger partial charge is 0.330 e. The van der Waals surface area contributed by atoms with Crippen LogP contribution in [0.4, 0.5) is 5.69 Å². The van der Waals surface area contributed by atoms with Crippen molar-refractivity contribution in [3.8, 4) is 0 Å². The van der Waals surface area contributed by atoms with Gasteiger partial charge in [0.05, 0.1) is 0 Å². The molecular formula is C17H27N3O. The Hall–Kier alpha value is -1.39. The molecule has 1 fully saturated rings. The van der Waals surface area contributed by atoms with E-state index in [1.807, 2.05) is 12.1 Å². The average Bonchev–Trinajstić information content (AvgIpc) is 2.98. The van der Waals surface area contributed by atoms with Gasteiger partial charge in [0, 0.05) is 18.7 Å². The third-order valence-electron chi connectivity index (χ3n) is 4.08. The second-order valence-corrected chi connectivity index (χ2v) is 6.11. The lowest BCUT2D eigenvalue weighted by Crippen LogP contribution is -2.19. The van der Waals surface area contributed by atoms with Gasteiger partial charge in [0.1, 0.15) is 0 Å². The minimum absolute atomic E-state index is 0.0774. The van der Waals surface area contributed by atoms with Gasteiger partial charge in [-0.25, -0.2) is 0 Å². The number of carbonyl (C=O) groups excluding carboxylic acids is 1. The molecule has 1 aromatic carbocycles. The zero-order valence-corrected chi connectivity index (χ0v) is 13.0. The predicted molar refractivity (Wildman–Crippen MR) is 87.0 cm³/mol. The predicted octanol–water partition coefficient (Wildman–Crippen LogP) is 2.60. The van der Waals surface area contributed by atoms with Crippen LogP contribution in [0.25, 0.3) is 0 Å². The van der Waals surface area contributed by atoms with Crippen LogP contribution in [0, 0.1) is 5.92 Å². The molecule has 0 aliphatic carbocycles. The molecule has 1 unspecified atom stereocenters. The zero-order valence-electron chi connectivity index (χ0n) is 13.0. The third-order valence-corrected chi connectivity index (χ3v) is 4.08. The molecular weight excluding hydrogens is 262 g/mol. The number of amides is 1. The number of hydrogen-bond acceptors (Lipinski definition) is 3. The smallest absolute Gasteiger partial charge is 0.224 e. The SMILES string of the molecule is CC(CN)CCC(=O)Nc1cccc(CN2CCCC2)c1. The Morgan fingerprint density at radius 3 is 2.86 bits per heavy atom. The molecule has 1 atom stereocenters. The molecule has 1 aliphatic rings. The lowest BCUT2D eigenvalue weighted by molar-refractivity contribution is -0.116. The number of carbonyl (C=O) groups is 1. The lowest BCUT2D eigenvalue weighted by Gasteiger charge is -2.15. The molecule has 2 rings (SSSR count). The summed E-state index contributed by atoms with van der Waals surface area (Å²) in [5, 5.41) is 2.99. The Labute approximate surface area is 127 Å². The molecule has 21 heavy (non-hydrogen) atoms. The van der Waals surface area contributed by atoms with Gasteiger partial charge in [-0.15, -0.1) is 0 Å². The van der Waals surface area contributed by atoms with E-state index in [1.54, 1.807) is 0 Å². The fourth-order valence-corrected chi connectivity index (χ4v) is 2.67. The highest BCUT2D eigenvalue weighted by Crippen LogP contribution is 2.16. The van der Waals surface area contributed by atoms with Gasteiger partial charge < -0.3 is 11.1 Å². The monoisotopic (exact) mass is 289 g/mol. The molecule has 1 amide bonds. The minimum Gasteiger partial charge on any atom is -0.330 e. The van der Waals surface area contributed by atoms with Gasteiger partial charge in [-0.05, 0) is 62.5 Å². The number of rotatable bonds is 7. The summed E-state index contributed by atoms with van der Waals surface area (Å²) in [7, 11) is 0. The highest BCUT2D eigenvalue weighted by molar-refractivity contribution is 5.90. The first-order chi connectivity index (χ1) is 10.2. The Morgan fingerprint density at radius 1 is 1.38 bits per heavy atom. The second kappa shape index (κ2) is 8.15. The molecule has 1 heterocycles. The van der Waals surface area contributed by atoms with E-state index in [4.69, 9.17) is 5.73 Å². The van der Waals surface area contributed by atoms with E-state index in [2.05, 4.69) is 29.3 Å². The van der Waals surface area contributed by atoms with E-state index in [-0.39, 0.29) is 5.91 Å². The van der Waals surface area contributed by atoms with Crippen molar-refractivity contribution in [1.29, 1.82) is 0 Å². The Morgan fingerprint density at radius 2 is 2.14 bits per heavy atom. The normalized spacial score (nSPS) is 16.9. The summed E-state index contributed by atoms with van der Waals surface area (Å²) in [4.78, 5) is 14.4. The fraction of sp³-hybridized carbons (Fsp3) is 0.588. The minimum atomic E-state index is 0.0774. The summed E-state index contributed by atoms with van der Waals surface area (Å²) in [5.41, 5.74) is 7.74. The molecule has 0 aromatic heterocycles. The van der Waals surface area contributed by atoms with E-state index in [1.165, 1.54) is 31.5 Å². The van der Waals surface area contributed by atoms with E-state index in [0.717, 1.165) is 18.7 Å². The summed E-state index contributed by atoms with van der Waals surface area (Å²) in [6, 6.07) is 8.19. The summed E-state index contributed by atoms with van der Waals surface area (Å²) < 4.78 is 0. The fourth-order valence-electron chi connectivity index (χ4n) is 2.67. The number of likely N-dealkylation sites (tertiary alicyclic amines) is 1. The molecule has 4 nitrogen and oxygen atoms in total. The van der Waals surface area contributed by atoms with Crippen LogP contribution in [0.15, 0.2) is 24.3 Å². The van der Waals surface area contributed by atoms with Crippen molar-refractivity contribution in [3.63, 3.8) is 0 Å². The van der Waals surface area contributed by atoms with Gasteiger partial charge in [-0.2, -0.15) is 0 Å². The van der Waals surface area contributed by atoms with Crippen LogP contribution in [-0.2, 0) is 11.3 Å². The highest BCUT2D eigenvalue weighted by atomic mass is 16.1. The van der Waals surface area contributed by atoms with Gasteiger partial charge in [0.2, 0.25) is 5.91 Å². The van der Waals surface area contributed by atoms with Crippen LogP contribution in [-0.4, -0.2) is 30.4 Å². The lowest BCUT2D eigenvalue weighted by atomic mass is 10.1. The van der Waals surface area contributed by atoms with Crippen molar-refractivity contribution < 1.29 is 4.79 Å². The first-order valence-electron chi connectivity index (χ1n) is 7.98. The Kier molecular flexibility index (Phi) is 6.21. The van der Waals surface area contributed by atoms with Crippen molar-refractivity contribution in [2.45, 2.75) is 39.2 Å². The summed E-state index contributed by atoms with van der Waals surface area (Å²) in [5.74, 6) is 0.478. The molecule has 0 radical (unpaired) electrons. The molecule has 1 saturated heterocycles. The number of hydrogen-bond donors (Lipinski definition) is 2. The van der Waals surface area contributed by atoms with Crippen LogP contribution in [0.3, 0.4) is 0 Å². The molecule has 0 spiro atoms. The van der Waals surface area contributed by atoms with Crippen molar-refractivity contribution in [2.75, 3.05) is 25.0 Å². The van der Waals surface area contributed by atoms with Crippen molar-refractivity contribution in [2.24, 2.45) is 11.7 Å². The van der Waals surface area contributed by atoms with E-state index >= 15 is 0 Å². The number of nitrogens with zero attached hydrogens (tertiary/aromatic N) is 1. The maximum absolute atomic E-state index is 11.9. The maximum atomic E-state index is 11.9. The molecule has 4 heteroatoms. The number of nitrogens with two attached hydrogens (primary N) is 1. The quantitative estimate of drug-likeness (QED) is 0.811. The summed E-state index contributed by atoms with van der Waals surface area (Å²) >= 11 is 0. The van der Waals surface area contributed by atoms with Crippen molar-refractivity contribution >= 4 is 11.6 Å². The first kappa shape index (κ1) is 16.0. The molecule has 1 aromatic rings.